The number of aliphatic hydroxyl groups is 16. The van der Waals surface area contributed by atoms with Gasteiger partial charge in [-0.3, -0.25) is 0 Å². The summed E-state index contributed by atoms with van der Waals surface area (Å²) in [6, 6.07) is 30.4. The molecule has 8 rings (SSSR count). The number of hydrogen-bond donors (Lipinski definition) is 16. The van der Waals surface area contributed by atoms with Crippen molar-refractivity contribution < 1.29 is 120 Å². The van der Waals surface area contributed by atoms with Crippen LogP contribution in [0.1, 0.15) is 306 Å². The van der Waals surface area contributed by atoms with Gasteiger partial charge in [-0.25, -0.2) is 0 Å². The van der Waals surface area contributed by atoms with Crippen LogP contribution in [0, 0.1) is 0 Å². The van der Waals surface area contributed by atoms with E-state index in [1.54, 1.807) is 24.3 Å². The maximum Gasteiger partial charge on any atom is 0.229 e. The normalized spacial score (nSPS) is 25.6. The van der Waals surface area contributed by atoms with E-state index >= 15 is 0 Å². The average molecular weight is 1850 g/mol. The van der Waals surface area contributed by atoms with E-state index < -0.39 is 149 Å². The second-order valence-corrected chi connectivity index (χ2v) is 35.8. The number of benzene rings is 4. The fraction of sp³-hybridized carbons (Fsp3) is 0.667. The predicted octanol–water partition coefficient (Wildman–Crippen LogP) is 16.7. The molecule has 4 fully saturated rings. The summed E-state index contributed by atoms with van der Waals surface area (Å²) in [5.41, 5.74) is 4.56. The van der Waals surface area contributed by atoms with Crippen LogP contribution >= 0.6 is 0 Å². The SMILES string of the molecule is C=CC/C=C\C/C=C\CCCCCCCc1cccc(O[C@@H]2OC(CO)[C@@H](O)[C@H](O)C2O)c1.CCC/C=C\C/C=C\CCCCCCCc1cccc(O[C@@H]2OC(CO)[C@@H](O)[C@H](O)C2O)c1.CCCCCC/C=C\CCCCCCCc1cccc(O[C@@H]2OC(CO)[C@@H](O)[C@H](O)C2O)c1.CCCCCCCCCCCCCCCc1cccc(O[C@@H]2OC(CO)[C@@H](O)[C@H](O)C2O)c1. The van der Waals surface area contributed by atoms with Gasteiger partial charge in [0.2, 0.25) is 25.2 Å². The minimum atomic E-state index is -1.45. The Morgan fingerprint density at radius 1 is 0.242 bits per heavy atom. The van der Waals surface area contributed by atoms with E-state index in [4.69, 9.17) is 37.9 Å². The number of hydrogen-bond acceptors (Lipinski definition) is 24. The zero-order valence-electron chi connectivity index (χ0n) is 79.9. The summed E-state index contributed by atoms with van der Waals surface area (Å²) in [6.45, 7) is 8.50. The summed E-state index contributed by atoms with van der Waals surface area (Å²) in [5, 5.41) is 157. The van der Waals surface area contributed by atoms with Crippen LogP contribution in [0.2, 0.25) is 0 Å². The number of aryl methyl sites for hydroxylation is 4. The van der Waals surface area contributed by atoms with Crippen LogP contribution in [0.25, 0.3) is 0 Å². The molecule has 0 aliphatic carbocycles. The molecule has 0 amide bonds. The van der Waals surface area contributed by atoms with Gasteiger partial charge in [-0.2, -0.15) is 0 Å². The summed E-state index contributed by atoms with van der Waals surface area (Å²) < 4.78 is 44.5. The first kappa shape index (κ1) is 116. The van der Waals surface area contributed by atoms with Gasteiger partial charge in [0.1, 0.15) is 121 Å². The highest BCUT2D eigenvalue weighted by molar-refractivity contribution is 5.32. The van der Waals surface area contributed by atoms with Crippen molar-refractivity contribution in [2.75, 3.05) is 26.4 Å². The molecule has 132 heavy (non-hydrogen) atoms. The second kappa shape index (κ2) is 73.0. The van der Waals surface area contributed by atoms with Crippen LogP contribution in [0.4, 0.5) is 0 Å². The van der Waals surface area contributed by atoms with Gasteiger partial charge in [0.15, 0.2) is 0 Å². The lowest BCUT2D eigenvalue weighted by Crippen LogP contribution is -2.60. The van der Waals surface area contributed by atoms with Gasteiger partial charge in [-0.15, -0.1) is 6.58 Å². The molecule has 0 bridgehead atoms. The van der Waals surface area contributed by atoms with E-state index in [-0.39, 0.29) is 0 Å². The minimum absolute atomic E-state index is 0.468. The first-order valence-corrected chi connectivity index (χ1v) is 50.4. The van der Waals surface area contributed by atoms with E-state index in [1.807, 2.05) is 72.8 Å². The molecule has 748 valence electrons. The molecular weight excluding hydrogens is 1680 g/mol. The zero-order chi connectivity index (χ0) is 95.6. The van der Waals surface area contributed by atoms with E-state index in [1.165, 1.54) is 205 Å². The highest BCUT2D eigenvalue weighted by Crippen LogP contribution is 2.32. The van der Waals surface area contributed by atoms with Crippen LogP contribution < -0.4 is 18.9 Å². The van der Waals surface area contributed by atoms with Crippen LogP contribution in [0.5, 0.6) is 23.0 Å². The van der Waals surface area contributed by atoms with E-state index in [9.17, 15) is 81.7 Å². The fourth-order valence-corrected chi connectivity index (χ4v) is 16.2. The lowest BCUT2D eigenvalue weighted by atomic mass is 9.99. The Hall–Kier alpha value is -6.28. The molecule has 8 unspecified atom stereocenters. The van der Waals surface area contributed by atoms with Gasteiger partial charge in [0.05, 0.1) is 26.4 Å². The molecule has 20 atom stereocenters. The first-order chi connectivity index (χ1) is 64.2. The third kappa shape index (κ3) is 47.7. The number of ether oxygens (including phenoxy) is 8. The predicted molar refractivity (Wildman–Crippen MR) is 520 cm³/mol. The molecule has 4 aromatic carbocycles. The van der Waals surface area contributed by atoms with Gasteiger partial charge in [-0.05, 0) is 199 Å². The fourth-order valence-electron chi connectivity index (χ4n) is 16.2. The molecule has 4 saturated heterocycles. The largest absolute Gasteiger partial charge is 0.462 e. The third-order valence-electron chi connectivity index (χ3n) is 24.4. The lowest BCUT2D eigenvalue weighted by molar-refractivity contribution is -0.277. The molecule has 0 saturated carbocycles. The highest BCUT2D eigenvalue weighted by Gasteiger charge is 2.48. The number of rotatable bonds is 63. The summed E-state index contributed by atoms with van der Waals surface area (Å²) in [6.07, 6.45) is 53.4. The Labute approximate surface area is 790 Å². The number of allylic oxidation sites excluding steroid dienone is 11. The Morgan fingerprint density at radius 3 is 0.697 bits per heavy atom. The Bertz CT molecular complexity index is 3640. The molecule has 24 heteroatoms. The average Bonchev–Trinajstić information content (AvgIpc) is 0.826. The van der Waals surface area contributed by atoms with Crippen molar-refractivity contribution in [3.05, 3.63) is 193 Å². The molecule has 0 aromatic heterocycles. The van der Waals surface area contributed by atoms with Crippen LogP contribution in [0.15, 0.2) is 170 Å². The van der Waals surface area contributed by atoms with Gasteiger partial charge < -0.3 is 120 Å². The van der Waals surface area contributed by atoms with Crippen molar-refractivity contribution in [3.8, 4) is 23.0 Å². The summed E-state index contributed by atoms with van der Waals surface area (Å²) in [7, 11) is 0. The lowest BCUT2D eigenvalue weighted by Gasteiger charge is -2.39. The molecule has 4 aliphatic heterocycles. The van der Waals surface area contributed by atoms with E-state index in [0.717, 1.165) is 106 Å². The molecular formula is C108H172O24. The smallest absolute Gasteiger partial charge is 0.229 e. The highest BCUT2D eigenvalue weighted by atomic mass is 16.7. The van der Waals surface area contributed by atoms with Crippen LogP contribution in [0.3, 0.4) is 0 Å². The summed E-state index contributed by atoms with van der Waals surface area (Å²) >= 11 is 0. The van der Waals surface area contributed by atoms with Gasteiger partial charge in [0.25, 0.3) is 0 Å². The van der Waals surface area contributed by atoms with E-state index in [2.05, 4.69) is 94.2 Å². The van der Waals surface area contributed by atoms with Crippen molar-refractivity contribution in [2.45, 2.75) is 433 Å². The number of aliphatic hydroxyl groups excluding tert-OH is 16. The zero-order valence-corrected chi connectivity index (χ0v) is 79.9. The van der Waals surface area contributed by atoms with Crippen molar-refractivity contribution in [1.29, 1.82) is 0 Å². The quantitative estimate of drug-likeness (QED) is 0.0144. The van der Waals surface area contributed by atoms with Crippen LogP contribution in [-0.4, -0.2) is 231 Å². The standard InChI is InChI=1S/C27H46O6.C27H44O6.C27H42O6.C27H40O6/c4*1-2-3-4-5-6-7-8-9-10-11-12-13-14-16-21-17-15-18-22(19-21)32-27-26(31)25(30)24(29)23(20-28)33-27/h15,17-19,23-31H,2-14,16,20H2,1H3;7-8,15,17-19,23-31H,2-6,9-14,16,20H2,1H3;4-5,7-8,15,17-19,23-31H,2-3,6,9-14,16,20H2,1H3;2,4-5,7-8,15,17-19,23-31H,1,3,6,9-14,16,20H2/b;8-7-;2*5-4-,8-7-/t4*23?,24-,25+,26?,27-/m1111/s1. The summed E-state index contributed by atoms with van der Waals surface area (Å²) in [5.74, 6) is 2.10. The van der Waals surface area contributed by atoms with Crippen molar-refractivity contribution in [2.24, 2.45) is 0 Å². The Kier molecular flexibility index (Phi) is 64.3. The summed E-state index contributed by atoms with van der Waals surface area (Å²) in [4.78, 5) is 0. The van der Waals surface area contributed by atoms with Crippen molar-refractivity contribution in [1.82, 2.24) is 0 Å². The van der Waals surface area contributed by atoms with Crippen molar-refractivity contribution >= 4 is 0 Å². The maximum atomic E-state index is 10.1. The molecule has 0 radical (unpaired) electrons. The van der Waals surface area contributed by atoms with Gasteiger partial charge >= 0.3 is 0 Å². The Balaban J connectivity index is 0.000000311. The minimum Gasteiger partial charge on any atom is -0.462 e. The molecule has 0 spiro atoms. The molecule has 16 N–H and O–H groups in total. The van der Waals surface area contributed by atoms with Crippen molar-refractivity contribution in [3.63, 3.8) is 0 Å². The second-order valence-electron chi connectivity index (χ2n) is 35.8. The van der Waals surface area contributed by atoms with Crippen LogP contribution in [-0.2, 0) is 44.6 Å². The molecule has 4 aliphatic rings. The van der Waals surface area contributed by atoms with Gasteiger partial charge in [-0.1, -0.05) is 297 Å². The molecule has 4 heterocycles. The number of unbranched alkanes of at least 4 members (excludes halogenated alkanes) is 32. The maximum absolute atomic E-state index is 10.1. The monoisotopic (exact) mass is 1850 g/mol. The van der Waals surface area contributed by atoms with E-state index in [0.29, 0.717) is 23.0 Å². The van der Waals surface area contributed by atoms with Gasteiger partial charge in [0, 0.05) is 0 Å². The Morgan fingerprint density at radius 2 is 0.455 bits per heavy atom. The third-order valence-corrected chi connectivity index (χ3v) is 24.4. The molecule has 4 aromatic rings. The molecule has 24 nitrogen and oxygen atoms in total. The topological polar surface area (TPSA) is 398 Å². The first-order valence-electron chi connectivity index (χ1n) is 50.4.